The Morgan fingerprint density at radius 3 is 1.58 bits per heavy atom. The molecule has 1 rings (SSSR count). The minimum absolute atomic E-state index is 0.146. The van der Waals surface area contributed by atoms with Gasteiger partial charge in [0.1, 0.15) is 5.75 Å². The van der Waals surface area contributed by atoms with Gasteiger partial charge in [-0.3, -0.25) is 4.79 Å². The van der Waals surface area contributed by atoms with Gasteiger partial charge >= 0.3 is 0 Å². The van der Waals surface area contributed by atoms with Crippen molar-refractivity contribution >= 4 is 5.91 Å². The molecule has 1 aromatic rings. The number of carbonyl (C=O) groups is 1. The predicted octanol–water partition coefficient (Wildman–Crippen LogP) is 5.99. The Bertz CT molecular complexity index is 524. The topological polar surface area (TPSA) is 63.3 Å². The van der Waals surface area contributed by atoms with E-state index in [0.29, 0.717) is 18.6 Å². The number of hydrogen-bond donors (Lipinski definition) is 2. The first-order valence-corrected chi connectivity index (χ1v) is 9.99. The van der Waals surface area contributed by atoms with E-state index < -0.39 is 0 Å². The molecule has 1 aromatic carbocycles. The second kappa shape index (κ2) is 10.6. The van der Waals surface area contributed by atoms with Gasteiger partial charge in [-0.2, -0.15) is 0 Å². The van der Waals surface area contributed by atoms with Crippen LogP contribution in [0.4, 0.5) is 0 Å². The van der Waals surface area contributed by atoms with Gasteiger partial charge in [-0.1, -0.05) is 93.2 Å². The lowest BCUT2D eigenvalue weighted by atomic mass is 9.78. The number of unbranched alkanes of at least 4 members (excludes halogenated alkanes) is 3. The Morgan fingerprint density at radius 1 is 0.923 bits per heavy atom. The lowest BCUT2D eigenvalue weighted by Gasteiger charge is -2.28. The fraction of sp³-hybridized carbons (Fsp3) is 0.696. The number of aromatic hydroxyl groups is 1. The molecule has 0 radical (unpaired) electrons. The van der Waals surface area contributed by atoms with Gasteiger partial charge < -0.3 is 10.8 Å². The van der Waals surface area contributed by atoms with Crippen LogP contribution in [-0.2, 0) is 22.0 Å². The van der Waals surface area contributed by atoms with Crippen LogP contribution in [0.2, 0.25) is 0 Å². The lowest BCUT2D eigenvalue weighted by molar-refractivity contribution is -0.117. The molecule has 0 saturated heterocycles. The zero-order valence-corrected chi connectivity index (χ0v) is 18.3. The van der Waals surface area contributed by atoms with Gasteiger partial charge in [0.25, 0.3) is 0 Å². The summed E-state index contributed by atoms with van der Waals surface area (Å²) in [6.07, 6.45) is 6.48. The Morgan fingerprint density at radius 2 is 1.31 bits per heavy atom. The van der Waals surface area contributed by atoms with Crippen LogP contribution in [-0.4, -0.2) is 11.0 Å². The van der Waals surface area contributed by atoms with Gasteiger partial charge in [-0.15, -0.1) is 0 Å². The zero-order valence-electron chi connectivity index (χ0n) is 18.3. The number of aryl methyl sites for hydroxylation is 1. The van der Waals surface area contributed by atoms with Crippen molar-refractivity contribution in [1.29, 1.82) is 0 Å². The van der Waals surface area contributed by atoms with E-state index in [9.17, 15) is 9.90 Å². The van der Waals surface area contributed by atoms with Gasteiger partial charge in [-0.05, 0) is 33.9 Å². The maximum absolute atomic E-state index is 11.0. The molecule has 0 aromatic heterocycles. The number of amides is 1. The van der Waals surface area contributed by atoms with Crippen molar-refractivity contribution in [1.82, 2.24) is 0 Å². The lowest BCUT2D eigenvalue weighted by Crippen LogP contribution is -2.18. The molecule has 0 heterocycles. The van der Waals surface area contributed by atoms with Crippen LogP contribution in [0.25, 0.3) is 0 Å². The number of primary amides is 1. The summed E-state index contributed by atoms with van der Waals surface area (Å²) in [6, 6.07) is 3.99. The normalized spacial score (nSPS) is 11.7. The molecule has 3 nitrogen and oxygen atoms in total. The van der Waals surface area contributed by atoms with E-state index >= 15 is 0 Å². The second-order valence-electron chi connectivity index (χ2n) is 9.21. The third-order valence-electron chi connectivity index (χ3n) is 4.40. The average Bonchev–Trinajstić information content (AvgIpc) is 2.50. The second-order valence-corrected chi connectivity index (χ2v) is 9.21. The Kier molecular flexibility index (Phi) is 9.98. The SMILES string of the molecule is CC(C)(C)c1cc(CCC(N)=O)cc(C(C)(C)C)c1O.CCCCCC. The summed E-state index contributed by atoms with van der Waals surface area (Å²) in [6.45, 7) is 16.9. The van der Waals surface area contributed by atoms with E-state index in [0.717, 1.165) is 16.7 Å². The van der Waals surface area contributed by atoms with Crippen molar-refractivity contribution in [2.75, 3.05) is 0 Å². The van der Waals surface area contributed by atoms with Gasteiger partial charge in [-0.25, -0.2) is 0 Å². The van der Waals surface area contributed by atoms with Gasteiger partial charge in [0.05, 0.1) is 0 Å². The fourth-order valence-corrected chi connectivity index (χ4v) is 2.75. The molecule has 3 heteroatoms. The number of phenols is 1. The molecular formula is C23H41NO2. The Labute approximate surface area is 161 Å². The zero-order chi connectivity index (χ0) is 20.5. The van der Waals surface area contributed by atoms with Crippen molar-refractivity contribution in [3.05, 3.63) is 28.8 Å². The third-order valence-corrected chi connectivity index (χ3v) is 4.40. The van der Waals surface area contributed by atoms with Crippen molar-refractivity contribution in [2.45, 2.75) is 105 Å². The minimum Gasteiger partial charge on any atom is -0.507 e. The molecule has 0 unspecified atom stereocenters. The van der Waals surface area contributed by atoms with Crippen molar-refractivity contribution in [2.24, 2.45) is 5.73 Å². The van der Waals surface area contributed by atoms with E-state index in [1.807, 2.05) is 12.1 Å². The van der Waals surface area contributed by atoms with E-state index in [1.165, 1.54) is 25.7 Å². The van der Waals surface area contributed by atoms with Crippen LogP contribution < -0.4 is 5.73 Å². The maximum atomic E-state index is 11.0. The van der Waals surface area contributed by atoms with Gasteiger partial charge in [0.2, 0.25) is 5.91 Å². The van der Waals surface area contributed by atoms with Crippen LogP contribution in [0.5, 0.6) is 5.75 Å². The predicted molar refractivity (Wildman–Crippen MR) is 113 cm³/mol. The number of hydrogen-bond acceptors (Lipinski definition) is 2. The van der Waals surface area contributed by atoms with Crippen molar-refractivity contribution in [3.63, 3.8) is 0 Å². The number of phenolic OH excluding ortho intramolecular Hbond substituents is 1. The highest BCUT2D eigenvalue weighted by Gasteiger charge is 2.26. The summed E-state index contributed by atoms with van der Waals surface area (Å²) in [4.78, 5) is 11.0. The van der Waals surface area contributed by atoms with Gasteiger partial charge in [0.15, 0.2) is 0 Å². The van der Waals surface area contributed by atoms with Crippen LogP contribution >= 0.6 is 0 Å². The highest BCUT2D eigenvalue weighted by Crippen LogP contribution is 2.39. The summed E-state index contributed by atoms with van der Waals surface area (Å²) >= 11 is 0. The molecule has 0 aliphatic heterocycles. The highest BCUT2D eigenvalue weighted by molar-refractivity contribution is 5.74. The van der Waals surface area contributed by atoms with Crippen LogP contribution in [0.3, 0.4) is 0 Å². The number of benzene rings is 1. The molecule has 1 amide bonds. The molecule has 0 bridgehead atoms. The monoisotopic (exact) mass is 363 g/mol. The quantitative estimate of drug-likeness (QED) is 0.610. The van der Waals surface area contributed by atoms with E-state index in [2.05, 4.69) is 55.4 Å². The standard InChI is InChI=1S/C17H27NO2.C6H14/c1-16(2,3)12-9-11(7-8-14(18)19)10-13(15(12)20)17(4,5)6;1-3-5-6-4-2/h9-10,20H,7-8H2,1-6H3,(H2,18,19);3-6H2,1-2H3. The number of nitrogens with two attached hydrogens (primary N) is 1. The molecule has 0 spiro atoms. The fourth-order valence-electron chi connectivity index (χ4n) is 2.75. The molecule has 0 fully saturated rings. The van der Waals surface area contributed by atoms with E-state index in [-0.39, 0.29) is 16.7 Å². The first-order valence-electron chi connectivity index (χ1n) is 9.99. The van der Waals surface area contributed by atoms with Crippen LogP contribution in [0.1, 0.15) is 104 Å². The molecular weight excluding hydrogens is 322 g/mol. The Balaban J connectivity index is 0.000000896. The van der Waals surface area contributed by atoms with Crippen molar-refractivity contribution in [3.8, 4) is 5.75 Å². The highest BCUT2D eigenvalue weighted by atomic mass is 16.3. The maximum Gasteiger partial charge on any atom is 0.217 e. The Hall–Kier alpha value is -1.51. The van der Waals surface area contributed by atoms with Gasteiger partial charge in [0, 0.05) is 6.42 Å². The van der Waals surface area contributed by atoms with E-state index in [4.69, 9.17) is 5.73 Å². The largest absolute Gasteiger partial charge is 0.507 e. The molecule has 150 valence electrons. The van der Waals surface area contributed by atoms with Crippen LogP contribution in [0.15, 0.2) is 12.1 Å². The summed E-state index contributed by atoms with van der Waals surface area (Å²) in [5.41, 5.74) is 7.83. The molecule has 0 atom stereocenters. The van der Waals surface area contributed by atoms with E-state index in [1.54, 1.807) is 0 Å². The number of carbonyl (C=O) groups excluding carboxylic acids is 1. The number of rotatable bonds is 6. The first-order chi connectivity index (χ1) is 11.8. The minimum atomic E-state index is -0.298. The molecule has 0 aliphatic rings. The summed E-state index contributed by atoms with van der Waals surface area (Å²) in [5, 5.41) is 10.6. The smallest absolute Gasteiger partial charge is 0.217 e. The average molecular weight is 364 g/mol. The van der Waals surface area contributed by atoms with Crippen LogP contribution in [0, 0.1) is 0 Å². The summed E-state index contributed by atoms with van der Waals surface area (Å²) in [5.74, 6) is 0.0699. The molecule has 0 saturated carbocycles. The summed E-state index contributed by atoms with van der Waals surface area (Å²) < 4.78 is 0. The molecule has 0 aliphatic carbocycles. The molecule has 3 N–H and O–H groups in total. The van der Waals surface area contributed by atoms with Crippen molar-refractivity contribution < 1.29 is 9.90 Å². The summed E-state index contributed by atoms with van der Waals surface area (Å²) in [7, 11) is 0. The molecule has 26 heavy (non-hydrogen) atoms. The first kappa shape index (κ1) is 24.5. The third kappa shape index (κ3) is 8.73.